The van der Waals surface area contributed by atoms with Gasteiger partial charge in [-0.25, -0.2) is 0 Å². The van der Waals surface area contributed by atoms with Gasteiger partial charge in [0.1, 0.15) is 0 Å². The number of carbonyl (C=O) groups is 1. The predicted octanol–water partition coefficient (Wildman–Crippen LogP) is 2.30. The number of aliphatic hydroxyl groups excluding tert-OH is 1. The van der Waals surface area contributed by atoms with Gasteiger partial charge in [0.15, 0.2) is 16.8 Å². The van der Waals surface area contributed by atoms with Crippen molar-refractivity contribution in [3.8, 4) is 0 Å². The highest BCUT2D eigenvalue weighted by molar-refractivity contribution is 6.03. The average Bonchev–Trinajstić information content (AvgIpc) is 2.60. The standard InChI is InChI=1S/C17H13N3O3/c18-19-11-14(21)15(16(22)12-7-3-1-4-8-12)20-17(23)13-9-5-2-6-10-13/h1-11,15H,(H-,20,21,23)/b14-11-. The molecule has 6 heteroatoms. The molecule has 0 bridgehead atoms. The van der Waals surface area contributed by atoms with Gasteiger partial charge in [-0.2, -0.15) is 0 Å². The summed E-state index contributed by atoms with van der Waals surface area (Å²) in [6.07, 6.45) is 0.674. The van der Waals surface area contributed by atoms with E-state index >= 15 is 0 Å². The zero-order chi connectivity index (χ0) is 16.7. The molecule has 0 amide bonds. The van der Waals surface area contributed by atoms with Crippen LogP contribution in [0.3, 0.4) is 0 Å². The third-order valence-electron chi connectivity index (χ3n) is 3.04. The molecule has 2 rings (SSSR count). The number of Topliss-reactive ketones (excluding diaryl/α,β-unsaturated/α-hetero) is 1. The van der Waals surface area contributed by atoms with Crippen molar-refractivity contribution in [1.82, 2.24) is 0 Å². The first-order chi connectivity index (χ1) is 11.1. The van der Waals surface area contributed by atoms with Crippen LogP contribution in [0.25, 0.3) is 4.98 Å². The lowest BCUT2D eigenvalue weighted by Crippen LogP contribution is -2.28. The van der Waals surface area contributed by atoms with E-state index < -0.39 is 23.5 Å². The van der Waals surface area contributed by atoms with Crippen LogP contribution in [0.15, 0.2) is 77.6 Å². The van der Waals surface area contributed by atoms with Crippen molar-refractivity contribution in [3.63, 3.8) is 0 Å². The van der Waals surface area contributed by atoms with Crippen LogP contribution in [-0.2, 0) is 0 Å². The van der Waals surface area contributed by atoms with Crippen LogP contribution >= 0.6 is 0 Å². The van der Waals surface area contributed by atoms with Gasteiger partial charge < -0.3 is 10.2 Å². The Balaban J connectivity index is 2.42. The van der Waals surface area contributed by atoms with E-state index in [9.17, 15) is 15.0 Å². The van der Waals surface area contributed by atoms with Gasteiger partial charge in [-0.05, 0) is 11.5 Å². The monoisotopic (exact) mass is 307 g/mol. The van der Waals surface area contributed by atoms with Crippen molar-refractivity contribution in [2.24, 2.45) is 4.99 Å². The zero-order valence-electron chi connectivity index (χ0n) is 12.0. The van der Waals surface area contributed by atoms with Gasteiger partial charge in [0.25, 0.3) is 0 Å². The Kier molecular flexibility index (Phi) is 5.21. The lowest BCUT2D eigenvalue weighted by molar-refractivity contribution is -0.213. The number of hydrogen-bond acceptors (Lipinski definition) is 5. The molecule has 23 heavy (non-hydrogen) atoms. The maximum atomic E-state index is 12.5. The number of nitrogens with zero attached hydrogens (tertiary/aromatic N) is 3. The Labute approximate surface area is 132 Å². The van der Waals surface area contributed by atoms with E-state index in [1.165, 1.54) is 0 Å². The molecule has 0 saturated carbocycles. The smallest absolute Gasteiger partial charge is 0.390 e. The molecule has 0 aromatic heterocycles. The summed E-state index contributed by atoms with van der Waals surface area (Å²) < 4.78 is 0. The second-order valence-electron chi connectivity index (χ2n) is 4.60. The Morgan fingerprint density at radius 3 is 2.13 bits per heavy atom. The summed E-state index contributed by atoms with van der Waals surface area (Å²) in [5.74, 6) is -1.85. The van der Waals surface area contributed by atoms with Crippen LogP contribution in [0.4, 0.5) is 0 Å². The molecule has 2 aromatic rings. The molecule has 1 N–H and O–H groups in total. The maximum absolute atomic E-state index is 12.5. The number of aliphatic imine (C=N–C) groups is 1. The summed E-state index contributed by atoms with van der Waals surface area (Å²) in [5, 5.41) is 30.6. The van der Waals surface area contributed by atoms with E-state index in [-0.39, 0.29) is 11.1 Å². The molecular formula is C17H13N3O3. The molecule has 0 spiro atoms. The summed E-state index contributed by atoms with van der Waals surface area (Å²) in [6.45, 7) is 0. The predicted molar refractivity (Wildman–Crippen MR) is 83.3 cm³/mol. The van der Waals surface area contributed by atoms with E-state index in [4.69, 9.17) is 5.39 Å². The molecule has 0 heterocycles. The molecule has 0 fully saturated rings. The van der Waals surface area contributed by atoms with Crippen molar-refractivity contribution in [1.29, 1.82) is 5.39 Å². The number of aliphatic hydroxyl groups is 1. The van der Waals surface area contributed by atoms with Crippen molar-refractivity contribution in [2.75, 3.05) is 0 Å². The van der Waals surface area contributed by atoms with Gasteiger partial charge in [-0.1, -0.05) is 60.7 Å². The third-order valence-corrected chi connectivity index (χ3v) is 3.04. The fourth-order valence-electron chi connectivity index (χ4n) is 1.92. The number of rotatable bonds is 5. The van der Waals surface area contributed by atoms with Crippen molar-refractivity contribution in [3.05, 3.63) is 88.7 Å². The molecule has 1 unspecified atom stereocenters. The summed E-state index contributed by atoms with van der Waals surface area (Å²) in [4.78, 5) is 18.9. The average molecular weight is 307 g/mol. The minimum Gasteiger partial charge on any atom is -0.858 e. The van der Waals surface area contributed by atoms with Crippen LogP contribution in [0, 0.1) is 5.39 Å². The van der Waals surface area contributed by atoms with Crippen molar-refractivity contribution < 1.29 is 15.0 Å². The largest absolute Gasteiger partial charge is 0.858 e. The van der Waals surface area contributed by atoms with Crippen LogP contribution in [0.1, 0.15) is 15.9 Å². The van der Waals surface area contributed by atoms with E-state index in [1.54, 1.807) is 60.7 Å². The van der Waals surface area contributed by atoms with Crippen LogP contribution in [0.2, 0.25) is 0 Å². The first-order valence-electron chi connectivity index (χ1n) is 6.76. The normalized spacial score (nSPS) is 13.2. The van der Waals surface area contributed by atoms with Gasteiger partial charge in [0.2, 0.25) is 11.2 Å². The third kappa shape index (κ3) is 4.02. The topological polar surface area (TPSA) is 101 Å². The lowest BCUT2D eigenvalue weighted by Gasteiger charge is -2.15. The van der Waals surface area contributed by atoms with Crippen molar-refractivity contribution in [2.45, 2.75) is 6.04 Å². The zero-order valence-corrected chi connectivity index (χ0v) is 12.0. The Hall–Kier alpha value is -3.46. The number of benzene rings is 2. The van der Waals surface area contributed by atoms with Gasteiger partial charge in [-0.15, -0.1) is 0 Å². The first kappa shape index (κ1) is 15.9. The molecule has 114 valence electrons. The van der Waals surface area contributed by atoms with Gasteiger partial charge in [0, 0.05) is 5.56 Å². The highest BCUT2D eigenvalue weighted by Crippen LogP contribution is 2.14. The lowest BCUT2D eigenvalue weighted by atomic mass is 10.0. The van der Waals surface area contributed by atoms with Crippen molar-refractivity contribution >= 4 is 11.7 Å². The SMILES string of the molecule is N#[N+]/C=C(\O)C(N=C([O-])c1ccccc1)C(=O)c1ccccc1. The van der Waals surface area contributed by atoms with Crippen LogP contribution in [0.5, 0.6) is 0 Å². The van der Waals surface area contributed by atoms with E-state index in [2.05, 4.69) is 9.97 Å². The molecular weight excluding hydrogens is 294 g/mol. The van der Waals surface area contributed by atoms with Crippen LogP contribution in [-0.4, -0.2) is 22.8 Å². The number of ketones is 1. The molecule has 0 aliphatic carbocycles. The minimum absolute atomic E-state index is 0.278. The second kappa shape index (κ2) is 7.52. The van der Waals surface area contributed by atoms with E-state index in [0.29, 0.717) is 6.20 Å². The quantitative estimate of drug-likeness (QED) is 0.301. The van der Waals surface area contributed by atoms with Crippen LogP contribution < -0.4 is 5.11 Å². The molecule has 0 saturated heterocycles. The fourth-order valence-corrected chi connectivity index (χ4v) is 1.92. The summed E-state index contributed by atoms with van der Waals surface area (Å²) in [7, 11) is 0. The molecule has 2 aromatic carbocycles. The molecule has 1 atom stereocenters. The Morgan fingerprint density at radius 2 is 1.61 bits per heavy atom. The molecule has 0 aliphatic rings. The summed E-state index contributed by atoms with van der Waals surface area (Å²) in [5.41, 5.74) is 0.562. The second-order valence-corrected chi connectivity index (χ2v) is 4.60. The molecule has 0 radical (unpaired) electrons. The van der Waals surface area contributed by atoms with Gasteiger partial charge in [0.05, 0.1) is 0 Å². The first-order valence-corrected chi connectivity index (χ1v) is 6.76. The summed E-state index contributed by atoms with van der Waals surface area (Å²) in [6, 6.07) is 14.8. The summed E-state index contributed by atoms with van der Waals surface area (Å²) >= 11 is 0. The number of diazo groups is 1. The molecule has 6 nitrogen and oxygen atoms in total. The Morgan fingerprint density at radius 1 is 1.09 bits per heavy atom. The number of hydrogen-bond donors (Lipinski definition) is 1. The van der Waals surface area contributed by atoms with E-state index in [1.807, 2.05) is 0 Å². The maximum Gasteiger partial charge on any atom is 0.390 e. The van der Waals surface area contributed by atoms with E-state index in [0.717, 1.165) is 0 Å². The van der Waals surface area contributed by atoms with Gasteiger partial charge >= 0.3 is 6.20 Å². The number of carbonyl (C=O) groups excluding carboxylic acids is 1. The van der Waals surface area contributed by atoms with Gasteiger partial charge in [-0.3, -0.25) is 9.79 Å². The fraction of sp³-hybridized carbons (Fsp3) is 0.0588. The Bertz CT molecular complexity index is 778. The minimum atomic E-state index is -1.47. The highest BCUT2D eigenvalue weighted by Gasteiger charge is 2.26. The highest BCUT2D eigenvalue weighted by atomic mass is 16.3. The molecule has 0 aliphatic heterocycles.